The lowest BCUT2D eigenvalue weighted by molar-refractivity contribution is 0.0946. The lowest BCUT2D eigenvalue weighted by atomic mass is 10.1. The summed E-state index contributed by atoms with van der Waals surface area (Å²) in [6.45, 7) is 6.31. The zero-order valence-electron chi connectivity index (χ0n) is 23.1. The van der Waals surface area contributed by atoms with Gasteiger partial charge in [-0.05, 0) is 59.2 Å². The van der Waals surface area contributed by atoms with Crippen LogP contribution in [0.4, 0.5) is 5.82 Å². The number of piperazine rings is 1. The van der Waals surface area contributed by atoms with Crippen LogP contribution in [-0.2, 0) is 13.2 Å². The van der Waals surface area contributed by atoms with Crippen molar-refractivity contribution in [2.75, 3.05) is 46.1 Å². The lowest BCUT2D eigenvalue weighted by Gasteiger charge is -2.32. The van der Waals surface area contributed by atoms with Gasteiger partial charge < -0.3 is 20.1 Å². The van der Waals surface area contributed by atoms with E-state index in [1.807, 2.05) is 37.3 Å². The van der Waals surface area contributed by atoms with Gasteiger partial charge in [-0.1, -0.05) is 29.5 Å². The second kappa shape index (κ2) is 12.6. The Kier molecular flexibility index (Phi) is 8.50. The quantitative estimate of drug-likeness (QED) is 0.214. The third kappa shape index (κ3) is 6.50. The Morgan fingerprint density at radius 2 is 1.95 bits per heavy atom. The van der Waals surface area contributed by atoms with Crippen molar-refractivity contribution in [3.05, 3.63) is 70.5 Å². The summed E-state index contributed by atoms with van der Waals surface area (Å²) in [6, 6.07) is 13.4. The predicted octanol–water partition coefficient (Wildman–Crippen LogP) is 1.64. The molecule has 1 aliphatic rings. The van der Waals surface area contributed by atoms with E-state index < -0.39 is 5.91 Å². The molecule has 4 aromatic rings. The molecule has 1 saturated heterocycles. The maximum absolute atomic E-state index is 13.1. The van der Waals surface area contributed by atoms with Crippen molar-refractivity contribution in [1.29, 1.82) is 0 Å². The molecule has 14 nitrogen and oxygen atoms in total. The predicted molar refractivity (Wildman–Crippen MR) is 150 cm³/mol. The number of rotatable bonds is 10. The van der Waals surface area contributed by atoms with E-state index in [0.29, 0.717) is 35.9 Å². The molecular weight excluding hydrogens is 528 g/mol. The summed E-state index contributed by atoms with van der Waals surface area (Å²) < 4.78 is 17.6. The van der Waals surface area contributed by atoms with Gasteiger partial charge in [-0.2, -0.15) is 9.78 Å². The average molecular weight is 561 g/mol. The SMILES string of the molecule is COc1cc(/C=N/NC(=O)c2nnn(-c3nonc3N)c2CN2CCN(C)CC2)ccc1OCc1ccccc1C. The molecule has 0 unspecified atom stereocenters. The van der Waals surface area contributed by atoms with Gasteiger partial charge in [-0.25, -0.2) is 10.1 Å². The summed E-state index contributed by atoms with van der Waals surface area (Å²) in [5.74, 6) is 0.825. The number of carbonyl (C=O) groups excluding carboxylic acids is 1. The summed E-state index contributed by atoms with van der Waals surface area (Å²) in [5, 5.41) is 19.8. The van der Waals surface area contributed by atoms with E-state index in [9.17, 15) is 4.79 Å². The minimum Gasteiger partial charge on any atom is -0.493 e. The van der Waals surface area contributed by atoms with Crippen molar-refractivity contribution in [2.24, 2.45) is 5.10 Å². The first-order valence-electron chi connectivity index (χ1n) is 13.1. The van der Waals surface area contributed by atoms with E-state index in [0.717, 1.165) is 37.3 Å². The van der Waals surface area contributed by atoms with Crippen LogP contribution in [0.5, 0.6) is 11.5 Å². The van der Waals surface area contributed by atoms with Crippen LogP contribution in [0, 0.1) is 6.92 Å². The molecule has 214 valence electrons. The zero-order chi connectivity index (χ0) is 28.8. The molecule has 0 spiro atoms. The van der Waals surface area contributed by atoms with Crippen molar-refractivity contribution >= 4 is 17.9 Å². The second-order valence-corrected chi connectivity index (χ2v) is 9.67. The van der Waals surface area contributed by atoms with Crippen molar-refractivity contribution in [2.45, 2.75) is 20.1 Å². The molecule has 0 radical (unpaired) electrons. The summed E-state index contributed by atoms with van der Waals surface area (Å²) >= 11 is 0. The maximum Gasteiger partial charge on any atom is 0.293 e. The number of benzene rings is 2. The number of hydrazone groups is 1. The Hall–Kier alpha value is -4.82. The lowest BCUT2D eigenvalue weighted by Crippen LogP contribution is -2.44. The molecule has 2 aromatic heterocycles. The normalized spacial score (nSPS) is 14.4. The molecule has 1 aliphatic heterocycles. The average Bonchev–Trinajstić information content (AvgIpc) is 3.59. The highest BCUT2D eigenvalue weighted by atomic mass is 16.6. The summed E-state index contributed by atoms with van der Waals surface area (Å²) in [6.07, 6.45) is 1.51. The van der Waals surface area contributed by atoms with Crippen LogP contribution in [-0.4, -0.2) is 87.6 Å². The maximum atomic E-state index is 13.1. The van der Waals surface area contributed by atoms with Gasteiger partial charge >= 0.3 is 0 Å². The van der Waals surface area contributed by atoms with Crippen LogP contribution in [0.1, 0.15) is 32.9 Å². The minimum atomic E-state index is -0.531. The number of amides is 1. The Bertz CT molecular complexity index is 1520. The number of nitrogens with one attached hydrogen (secondary N) is 1. The van der Waals surface area contributed by atoms with Gasteiger partial charge in [0, 0.05) is 32.7 Å². The fraction of sp³-hybridized carbons (Fsp3) is 0.333. The Balaban J connectivity index is 1.28. The number of ether oxygens (including phenoxy) is 2. The van der Waals surface area contributed by atoms with Crippen LogP contribution in [0.2, 0.25) is 0 Å². The van der Waals surface area contributed by atoms with E-state index in [1.165, 1.54) is 10.9 Å². The first-order valence-corrected chi connectivity index (χ1v) is 13.1. The minimum absolute atomic E-state index is 0.0415. The number of carbonyl (C=O) groups is 1. The van der Waals surface area contributed by atoms with E-state index in [1.54, 1.807) is 19.2 Å². The number of anilines is 1. The molecule has 0 saturated carbocycles. The van der Waals surface area contributed by atoms with Crippen molar-refractivity contribution < 1.29 is 18.9 Å². The smallest absolute Gasteiger partial charge is 0.293 e. The van der Waals surface area contributed by atoms with Gasteiger partial charge in [0.25, 0.3) is 5.91 Å². The third-order valence-electron chi connectivity index (χ3n) is 6.86. The van der Waals surface area contributed by atoms with Crippen LogP contribution in [0.25, 0.3) is 5.82 Å². The number of aromatic nitrogens is 5. The number of nitrogens with zero attached hydrogens (tertiary/aromatic N) is 8. The first kappa shape index (κ1) is 27.7. The van der Waals surface area contributed by atoms with E-state index in [-0.39, 0.29) is 17.3 Å². The summed E-state index contributed by atoms with van der Waals surface area (Å²) in [5.41, 5.74) is 12.0. The van der Waals surface area contributed by atoms with Gasteiger partial charge in [0.2, 0.25) is 11.6 Å². The zero-order valence-corrected chi connectivity index (χ0v) is 23.1. The molecule has 3 N–H and O–H groups in total. The van der Waals surface area contributed by atoms with Crippen molar-refractivity contribution in [3.8, 4) is 17.3 Å². The Labute approximate surface area is 236 Å². The molecule has 0 aliphatic carbocycles. The van der Waals surface area contributed by atoms with Gasteiger partial charge in [0.15, 0.2) is 17.2 Å². The molecule has 5 rings (SSSR count). The molecule has 1 fully saturated rings. The van der Waals surface area contributed by atoms with Gasteiger partial charge in [-0.3, -0.25) is 9.69 Å². The summed E-state index contributed by atoms with van der Waals surface area (Å²) in [4.78, 5) is 17.6. The Morgan fingerprint density at radius 1 is 1.15 bits per heavy atom. The van der Waals surface area contributed by atoms with Crippen LogP contribution in [0.15, 0.2) is 52.2 Å². The van der Waals surface area contributed by atoms with Gasteiger partial charge in [0.05, 0.1) is 19.0 Å². The number of hydrogen-bond acceptors (Lipinski definition) is 12. The molecule has 0 atom stereocenters. The highest BCUT2D eigenvalue weighted by molar-refractivity contribution is 5.94. The number of nitrogen functional groups attached to an aromatic ring is 1. The monoisotopic (exact) mass is 560 g/mol. The molecule has 2 aromatic carbocycles. The van der Waals surface area contributed by atoms with E-state index >= 15 is 0 Å². The Morgan fingerprint density at radius 3 is 2.68 bits per heavy atom. The van der Waals surface area contributed by atoms with Gasteiger partial charge in [0.1, 0.15) is 6.61 Å². The fourth-order valence-corrected chi connectivity index (χ4v) is 4.38. The molecule has 3 heterocycles. The number of nitrogens with two attached hydrogens (primary N) is 1. The number of methoxy groups -OCH3 is 1. The largest absolute Gasteiger partial charge is 0.493 e. The van der Waals surface area contributed by atoms with Gasteiger partial charge in [-0.15, -0.1) is 5.10 Å². The highest BCUT2D eigenvalue weighted by Gasteiger charge is 2.26. The number of aryl methyl sites for hydroxylation is 1. The molecule has 41 heavy (non-hydrogen) atoms. The van der Waals surface area contributed by atoms with Crippen LogP contribution in [0.3, 0.4) is 0 Å². The first-order chi connectivity index (χ1) is 19.9. The second-order valence-electron chi connectivity index (χ2n) is 9.67. The fourth-order valence-electron chi connectivity index (χ4n) is 4.38. The van der Waals surface area contributed by atoms with Crippen molar-refractivity contribution in [1.82, 2.24) is 40.5 Å². The van der Waals surface area contributed by atoms with E-state index in [4.69, 9.17) is 19.8 Å². The van der Waals surface area contributed by atoms with Crippen molar-refractivity contribution in [3.63, 3.8) is 0 Å². The third-order valence-corrected chi connectivity index (χ3v) is 6.86. The molecular formula is C27H32N10O4. The van der Waals surface area contributed by atoms with Crippen LogP contribution >= 0.6 is 0 Å². The molecule has 0 bridgehead atoms. The topological polar surface area (TPSA) is 162 Å². The number of likely N-dealkylation sites (N-methyl/N-ethyl adjacent to an activating group) is 1. The molecule has 14 heteroatoms. The van der Waals surface area contributed by atoms with Crippen LogP contribution < -0.4 is 20.6 Å². The summed E-state index contributed by atoms with van der Waals surface area (Å²) in [7, 11) is 3.64. The standard InChI is InChI=1S/C27H32N10O4/c1-18-6-4-5-7-20(18)17-40-22-9-8-19(14-23(22)39-3)15-29-31-27(38)24-21(16-36-12-10-35(2)11-13-36)37(34-30-24)26-25(28)32-41-33-26/h4-9,14-15H,10-13,16-17H2,1-3H3,(H2,28,32)(H,31,38)/b29-15+. The number of hydrogen-bond donors (Lipinski definition) is 2. The highest BCUT2D eigenvalue weighted by Crippen LogP contribution is 2.28. The van der Waals surface area contributed by atoms with E-state index in [2.05, 4.69) is 48.0 Å². The molecule has 1 amide bonds.